The highest BCUT2D eigenvalue weighted by Crippen LogP contribution is 2.32. The van der Waals surface area contributed by atoms with Gasteiger partial charge in [-0.2, -0.15) is 5.10 Å². The quantitative estimate of drug-likeness (QED) is 0.500. The van der Waals surface area contributed by atoms with Crippen LogP contribution in [0.4, 0.5) is 11.5 Å². The van der Waals surface area contributed by atoms with Crippen LogP contribution in [0.3, 0.4) is 0 Å². The number of anilines is 2. The number of carbonyl (C=O) groups is 2. The molecule has 0 bridgehead atoms. The zero-order chi connectivity index (χ0) is 22.7. The zero-order valence-electron chi connectivity index (χ0n) is 17.2. The number of rotatable bonds is 5. The highest BCUT2D eigenvalue weighted by atomic mass is 35.5. The second kappa shape index (κ2) is 9.42. The standard InChI is InChI=1S/C24H20Cl2N4O2/c1-30-22(28-23(31)15-7-3-2-4-8-15)14-21(29-30)17-12-11-16(13-20(17)26)27-24(32)18-9-5-6-10-19(18)25/h2-4,7-14H,5-6H2,1H3,(H,27,32)(H,28,31). The first kappa shape index (κ1) is 21.9. The van der Waals surface area contributed by atoms with Crippen molar-refractivity contribution < 1.29 is 9.59 Å². The number of carbonyl (C=O) groups excluding carboxylic acids is 2. The van der Waals surface area contributed by atoms with Crippen LogP contribution in [0.25, 0.3) is 11.3 Å². The van der Waals surface area contributed by atoms with Crippen LogP contribution in [0.1, 0.15) is 23.2 Å². The van der Waals surface area contributed by atoms with Crippen LogP contribution in [-0.4, -0.2) is 21.6 Å². The predicted molar refractivity (Wildman–Crippen MR) is 128 cm³/mol. The van der Waals surface area contributed by atoms with Crippen molar-refractivity contribution in [3.63, 3.8) is 0 Å². The van der Waals surface area contributed by atoms with Crippen molar-refractivity contribution in [2.24, 2.45) is 7.05 Å². The smallest absolute Gasteiger partial charge is 0.256 e. The molecule has 8 heteroatoms. The molecule has 3 aromatic rings. The molecule has 0 unspecified atom stereocenters. The molecule has 0 saturated carbocycles. The van der Waals surface area contributed by atoms with Gasteiger partial charge in [0.2, 0.25) is 0 Å². The molecule has 6 nitrogen and oxygen atoms in total. The summed E-state index contributed by atoms with van der Waals surface area (Å²) in [5.41, 5.74) is 2.83. The second-order valence-corrected chi connectivity index (χ2v) is 8.07. The maximum absolute atomic E-state index is 12.5. The molecule has 2 amide bonds. The second-order valence-electron chi connectivity index (χ2n) is 7.25. The molecule has 0 saturated heterocycles. The molecule has 162 valence electrons. The normalized spacial score (nSPS) is 13.2. The Labute approximate surface area is 195 Å². The number of amides is 2. The minimum Gasteiger partial charge on any atom is -0.322 e. The molecule has 0 fully saturated rings. The fourth-order valence-electron chi connectivity index (χ4n) is 3.34. The summed E-state index contributed by atoms with van der Waals surface area (Å²) in [7, 11) is 1.74. The summed E-state index contributed by atoms with van der Waals surface area (Å²) in [6, 6.07) is 15.9. The third-order valence-corrected chi connectivity index (χ3v) is 5.67. The maximum atomic E-state index is 12.5. The molecule has 0 spiro atoms. The average molecular weight is 467 g/mol. The number of benzene rings is 2. The lowest BCUT2D eigenvalue weighted by molar-refractivity contribution is -0.112. The van der Waals surface area contributed by atoms with Crippen molar-refractivity contribution >= 4 is 46.5 Å². The molecular formula is C24H20Cl2N4O2. The highest BCUT2D eigenvalue weighted by molar-refractivity contribution is 6.36. The van der Waals surface area contributed by atoms with E-state index in [9.17, 15) is 9.59 Å². The first-order chi connectivity index (χ1) is 15.4. The highest BCUT2D eigenvalue weighted by Gasteiger charge is 2.17. The lowest BCUT2D eigenvalue weighted by atomic mass is 10.1. The topological polar surface area (TPSA) is 76.0 Å². The van der Waals surface area contributed by atoms with Gasteiger partial charge in [-0.25, -0.2) is 0 Å². The molecular weight excluding hydrogens is 447 g/mol. The Balaban J connectivity index is 1.50. The van der Waals surface area contributed by atoms with E-state index in [0.29, 0.717) is 44.0 Å². The monoisotopic (exact) mass is 466 g/mol. The summed E-state index contributed by atoms with van der Waals surface area (Å²) in [6.45, 7) is 0. The Morgan fingerprint density at radius 2 is 1.69 bits per heavy atom. The third kappa shape index (κ3) is 4.77. The Morgan fingerprint density at radius 3 is 2.41 bits per heavy atom. The van der Waals surface area contributed by atoms with E-state index < -0.39 is 0 Å². The van der Waals surface area contributed by atoms with Gasteiger partial charge in [-0.3, -0.25) is 14.3 Å². The summed E-state index contributed by atoms with van der Waals surface area (Å²) < 4.78 is 1.58. The average Bonchev–Trinajstić information content (AvgIpc) is 3.14. The van der Waals surface area contributed by atoms with E-state index in [1.165, 1.54) is 0 Å². The first-order valence-corrected chi connectivity index (χ1v) is 10.8. The summed E-state index contributed by atoms with van der Waals surface area (Å²) in [5.74, 6) is 0.0283. The van der Waals surface area contributed by atoms with Crippen LogP contribution < -0.4 is 10.6 Å². The number of nitrogens with one attached hydrogen (secondary N) is 2. The van der Waals surface area contributed by atoms with Crippen LogP contribution in [0.15, 0.2) is 77.4 Å². The van der Waals surface area contributed by atoms with Gasteiger partial charge >= 0.3 is 0 Å². The van der Waals surface area contributed by atoms with Gasteiger partial charge in [-0.1, -0.05) is 53.6 Å². The van der Waals surface area contributed by atoms with E-state index in [1.807, 2.05) is 18.2 Å². The van der Waals surface area contributed by atoms with Gasteiger partial charge in [0.1, 0.15) is 5.82 Å². The third-order valence-electron chi connectivity index (χ3n) is 5.00. The molecule has 2 N–H and O–H groups in total. The Kier molecular flexibility index (Phi) is 6.44. The minimum atomic E-state index is -0.279. The molecule has 1 aliphatic carbocycles. The molecule has 1 aliphatic rings. The summed E-state index contributed by atoms with van der Waals surface area (Å²) in [5, 5.41) is 11.0. The number of hydrogen-bond acceptors (Lipinski definition) is 3. The van der Waals surface area contributed by atoms with Crippen LogP contribution >= 0.6 is 23.2 Å². The molecule has 0 atom stereocenters. The van der Waals surface area contributed by atoms with Gasteiger partial charge in [-0.05, 0) is 43.2 Å². The van der Waals surface area contributed by atoms with Gasteiger partial charge < -0.3 is 10.6 Å². The van der Waals surface area contributed by atoms with E-state index in [2.05, 4.69) is 15.7 Å². The van der Waals surface area contributed by atoms with E-state index >= 15 is 0 Å². The molecule has 32 heavy (non-hydrogen) atoms. The number of nitrogens with zero attached hydrogens (tertiary/aromatic N) is 2. The van der Waals surface area contributed by atoms with E-state index in [4.69, 9.17) is 23.2 Å². The SMILES string of the molecule is Cn1nc(-c2ccc(NC(=O)C3=CCCC=C3Cl)cc2Cl)cc1NC(=O)c1ccccc1. The fourth-order valence-corrected chi connectivity index (χ4v) is 3.89. The summed E-state index contributed by atoms with van der Waals surface area (Å²) in [4.78, 5) is 25.0. The van der Waals surface area contributed by atoms with E-state index in [1.54, 1.807) is 60.3 Å². The van der Waals surface area contributed by atoms with Crippen LogP contribution in [0.2, 0.25) is 5.02 Å². The molecule has 1 aromatic heterocycles. The fraction of sp³-hybridized carbons (Fsp3) is 0.125. The van der Waals surface area contributed by atoms with Crippen molar-refractivity contribution in [2.45, 2.75) is 12.8 Å². The van der Waals surface area contributed by atoms with Crippen LogP contribution in [-0.2, 0) is 11.8 Å². The van der Waals surface area contributed by atoms with Gasteiger partial charge in [-0.15, -0.1) is 0 Å². The number of aromatic nitrogens is 2. The van der Waals surface area contributed by atoms with Crippen molar-refractivity contribution in [2.75, 3.05) is 10.6 Å². The maximum Gasteiger partial charge on any atom is 0.256 e. The first-order valence-electron chi connectivity index (χ1n) is 10.0. The van der Waals surface area contributed by atoms with Crippen LogP contribution in [0, 0.1) is 0 Å². The van der Waals surface area contributed by atoms with Crippen molar-refractivity contribution in [3.05, 3.63) is 87.9 Å². The van der Waals surface area contributed by atoms with Gasteiger partial charge in [0, 0.05) is 35.0 Å². The van der Waals surface area contributed by atoms with E-state index in [0.717, 1.165) is 12.8 Å². The number of halogens is 2. The molecule has 0 radical (unpaired) electrons. The minimum absolute atomic E-state index is 0.228. The van der Waals surface area contributed by atoms with Gasteiger partial charge in [0.25, 0.3) is 11.8 Å². The lowest BCUT2D eigenvalue weighted by Crippen LogP contribution is -2.15. The largest absolute Gasteiger partial charge is 0.322 e. The van der Waals surface area contributed by atoms with Crippen molar-refractivity contribution in [1.29, 1.82) is 0 Å². The molecule has 2 aromatic carbocycles. The number of aryl methyl sites for hydroxylation is 1. The zero-order valence-corrected chi connectivity index (χ0v) is 18.7. The Morgan fingerprint density at radius 1 is 0.938 bits per heavy atom. The predicted octanol–water partition coefficient (Wildman–Crippen LogP) is 5.77. The van der Waals surface area contributed by atoms with E-state index in [-0.39, 0.29) is 11.8 Å². The molecule has 4 rings (SSSR count). The lowest BCUT2D eigenvalue weighted by Gasteiger charge is -2.12. The van der Waals surface area contributed by atoms with Crippen LogP contribution in [0.5, 0.6) is 0 Å². The van der Waals surface area contributed by atoms with Crippen molar-refractivity contribution in [3.8, 4) is 11.3 Å². The molecule has 0 aliphatic heterocycles. The Hall–Kier alpha value is -3.35. The van der Waals surface area contributed by atoms with Crippen molar-refractivity contribution in [1.82, 2.24) is 9.78 Å². The van der Waals surface area contributed by atoms with Gasteiger partial charge in [0.05, 0.1) is 16.3 Å². The summed E-state index contributed by atoms with van der Waals surface area (Å²) >= 11 is 12.6. The Bertz CT molecular complexity index is 1250. The number of allylic oxidation sites excluding steroid dienone is 2. The van der Waals surface area contributed by atoms with Gasteiger partial charge in [0.15, 0.2) is 0 Å². The molecule has 1 heterocycles. The summed E-state index contributed by atoms with van der Waals surface area (Å²) in [6.07, 6.45) is 5.27. The number of hydrogen-bond donors (Lipinski definition) is 2.